The Labute approximate surface area is 63.0 Å². The van der Waals surface area contributed by atoms with Crippen molar-refractivity contribution in [3.63, 3.8) is 0 Å². The number of rotatable bonds is 2. The predicted molar refractivity (Wildman–Crippen MR) is 36.3 cm³/mol. The van der Waals surface area contributed by atoms with Crippen LogP contribution in [0, 0.1) is 6.92 Å². The molecular weight excluding hydrogens is 154 g/mol. The molecule has 0 aliphatic rings. The Morgan fingerprint density at radius 2 is 2.60 bits per heavy atom. The molecule has 0 spiro atoms. The van der Waals surface area contributed by atoms with Gasteiger partial charge in [0.05, 0.1) is 5.88 Å². The van der Waals surface area contributed by atoms with E-state index in [-0.39, 0.29) is 11.7 Å². The topological polar surface area (TPSA) is 43.1 Å². The van der Waals surface area contributed by atoms with Gasteiger partial charge in [0.15, 0.2) is 11.5 Å². The molecule has 1 rings (SSSR count). The predicted octanol–water partition coefficient (Wildman–Crippen LogP) is 1.40. The van der Waals surface area contributed by atoms with Gasteiger partial charge >= 0.3 is 0 Å². The van der Waals surface area contributed by atoms with Gasteiger partial charge in [0.25, 0.3) is 0 Å². The molecule has 1 heterocycles. The molecule has 0 saturated heterocycles. The third kappa shape index (κ3) is 1.36. The number of aromatic nitrogens is 1. The van der Waals surface area contributed by atoms with Gasteiger partial charge < -0.3 is 4.52 Å². The standard InChI is InChI=1S/C6H6ClNO2/c1-4-2-5(8-10-4)6(9)3-7/h2H,3H2,1H3. The van der Waals surface area contributed by atoms with Gasteiger partial charge in [0, 0.05) is 6.07 Å². The maximum Gasteiger partial charge on any atom is 0.199 e. The van der Waals surface area contributed by atoms with Gasteiger partial charge in [0.1, 0.15) is 5.76 Å². The highest BCUT2D eigenvalue weighted by Gasteiger charge is 2.07. The second kappa shape index (κ2) is 2.84. The minimum Gasteiger partial charge on any atom is -0.361 e. The minimum absolute atomic E-state index is 0.0496. The summed E-state index contributed by atoms with van der Waals surface area (Å²) in [5, 5.41) is 3.48. The summed E-state index contributed by atoms with van der Waals surface area (Å²) in [4.78, 5) is 10.8. The van der Waals surface area contributed by atoms with E-state index in [4.69, 9.17) is 11.6 Å². The Kier molecular flexibility index (Phi) is 2.06. The fourth-order valence-electron chi connectivity index (χ4n) is 0.566. The van der Waals surface area contributed by atoms with E-state index in [1.165, 1.54) is 0 Å². The highest BCUT2D eigenvalue weighted by molar-refractivity contribution is 6.30. The zero-order valence-corrected chi connectivity index (χ0v) is 6.18. The van der Waals surface area contributed by atoms with Gasteiger partial charge in [-0.2, -0.15) is 0 Å². The molecule has 0 N–H and O–H groups in total. The zero-order valence-electron chi connectivity index (χ0n) is 5.43. The number of ketones is 1. The van der Waals surface area contributed by atoms with E-state index < -0.39 is 0 Å². The van der Waals surface area contributed by atoms with Crippen LogP contribution in [0.2, 0.25) is 0 Å². The smallest absolute Gasteiger partial charge is 0.199 e. The monoisotopic (exact) mass is 159 g/mol. The lowest BCUT2D eigenvalue weighted by Crippen LogP contribution is -1.99. The van der Waals surface area contributed by atoms with Gasteiger partial charge in [0.2, 0.25) is 0 Å². The van der Waals surface area contributed by atoms with Crippen LogP contribution in [0.4, 0.5) is 0 Å². The number of Topliss-reactive ketones (excluding diaryl/α,β-unsaturated/α-hetero) is 1. The minimum atomic E-state index is -0.210. The van der Waals surface area contributed by atoms with E-state index in [9.17, 15) is 4.79 Å². The van der Waals surface area contributed by atoms with E-state index >= 15 is 0 Å². The molecule has 0 unspecified atom stereocenters. The van der Waals surface area contributed by atoms with Crippen molar-refractivity contribution >= 4 is 17.4 Å². The molecule has 10 heavy (non-hydrogen) atoms. The van der Waals surface area contributed by atoms with E-state index in [2.05, 4.69) is 9.68 Å². The molecule has 1 aromatic heterocycles. The number of aryl methyl sites for hydroxylation is 1. The lowest BCUT2D eigenvalue weighted by Gasteiger charge is -1.82. The van der Waals surface area contributed by atoms with Crippen LogP contribution in [-0.2, 0) is 0 Å². The highest BCUT2D eigenvalue weighted by Crippen LogP contribution is 2.02. The van der Waals surface area contributed by atoms with Crippen molar-refractivity contribution in [3.05, 3.63) is 17.5 Å². The van der Waals surface area contributed by atoms with Crippen molar-refractivity contribution in [2.75, 3.05) is 5.88 Å². The maximum atomic E-state index is 10.8. The average Bonchev–Trinajstić information content (AvgIpc) is 2.34. The number of nitrogens with zero attached hydrogens (tertiary/aromatic N) is 1. The van der Waals surface area contributed by atoms with E-state index in [0.717, 1.165) is 0 Å². The van der Waals surface area contributed by atoms with E-state index in [1.54, 1.807) is 13.0 Å². The van der Waals surface area contributed by atoms with Crippen LogP contribution in [0.25, 0.3) is 0 Å². The summed E-state index contributed by atoms with van der Waals surface area (Å²) in [7, 11) is 0. The molecule has 0 aliphatic carbocycles. The van der Waals surface area contributed by atoms with Crippen molar-refractivity contribution in [2.24, 2.45) is 0 Å². The molecular formula is C6H6ClNO2. The second-order valence-electron chi connectivity index (χ2n) is 1.88. The highest BCUT2D eigenvalue weighted by atomic mass is 35.5. The molecule has 3 nitrogen and oxygen atoms in total. The van der Waals surface area contributed by atoms with Gasteiger partial charge in [-0.25, -0.2) is 0 Å². The largest absolute Gasteiger partial charge is 0.361 e. The Balaban J connectivity index is 2.85. The summed E-state index contributed by atoms with van der Waals surface area (Å²) >= 11 is 5.26. The Morgan fingerprint density at radius 1 is 1.90 bits per heavy atom. The molecule has 0 atom stereocenters. The molecule has 0 amide bonds. The quantitative estimate of drug-likeness (QED) is 0.484. The molecule has 0 aliphatic heterocycles. The first-order valence-corrected chi connectivity index (χ1v) is 3.30. The van der Waals surface area contributed by atoms with Crippen LogP contribution >= 0.6 is 11.6 Å². The Morgan fingerprint density at radius 3 is 3.00 bits per heavy atom. The SMILES string of the molecule is Cc1cc(C(=O)CCl)no1. The molecule has 54 valence electrons. The Bertz CT molecular complexity index is 244. The molecule has 0 fully saturated rings. The Hall–Kier alpha value is -0.830. The van der Waals surface area contributed by atoms with E-state index in [1.807, 2.05) is 0 Å². The van der Waals surface area contributed by atoms with Crippen LogP contribution in [-0.4, -0.2) is 16.8 Å². The summed E-state index contributed by atoms with van der Waals surface area (Å²) in [6, 6.07) is 1.56. The van der Waals surface area contributed by atoms with Crippen molar-refractivity contribution in [2.45, 2.75) is 6.92 Å². The van der Waals surface area contributed by atoms with Crippen molar-refractivity contribution < 1.29 is 9.32 Å². The molecule has 0 radical (unpaired) electrons. The number of halogens is 1. The van der Waals surface area contributed by atoms with Crippen LogP contribution in [0.3, 0.4) is 0 Å². The van der Waals surface area contributed by atoms with Crippen LogP contribution < -0.4 is 0 Å². The van der Waals surface area contributed by atoms with E-state index in [0.29, 0.717) is 11.5 Å². The third-order valence-corrected chi connectivity index (χ3v) is 1.28. The van der Waals surface area contributed by atoms with Crippen molar-refractivity contribution in [1.29, 1.82) is 0 Å². The van der Waals surface area contributed by atoms with Crippen LogP contribution in [0.5, 0.6) is 0 Å². The fraction of sp³-hybridized carbons (Fsp3) is 0.333. The van der Waals surface area contributed by atoms with Crippen LogP contribution in [0.1, 0.15) is 16.2 Å². The third-order valence-electron chi connectivity index (χ3n) is 1.04. The summed E-state index contributed by atoms with van der Waals surface area (Å²) in [6.45, 7) is 1.72. The van der Waals surface area contributed by atoms with Crippen LogP contribution in [0.15, 0.2) is 10.6 Å². The number of alkyl halides is 1. The fourth-order valence-corrected chi connectivity index (χ4v) is 0.703. The number of carbonyl (C=O) groups excluding carboxylic acids is 1. The lowest BCUT2D eigenvalue weighted by atomic mass is 10.3. The summed E-state index contributed by atoms with van der Waals surface area (Å²) in [5.41, 5.74) is 0.299. The molecule has 0 saturated carbocycles. The first-order chi connectivity index (χ1) is 4.74. The number of carbonyl (C=O) groups is 1. The molecule has 4 heteroatoms. The number of hydrogen-bond acceptors (Lipinski definition) is 3. The summed E-state index contributed by atoms with van der Waals surface area (Å²) in [6.07, 6.45) is 0. The van der Waals surface area contributed by atoms with Crippen molar-refractivity contribution in [1.82, 2.24) is 5.16 Å². The first-order valence-electron chi connectivity index (χ1n) is 2.76. The lowest BCUT2D eigenvalue weighted by molar-refractivity contribution is 0.101. The molecule has 0 aromatic carbocycles. The molecule has 1 aromatic rings. The summed E-state index contributed by atoms with van der Waals surface area (Å²) in [5.74, 6) is 0.360. The van der Waals surface area contributed by atoms with Gasteiger partial charge in [-0.3, -0.25) is 4.79 Å². The number of hydrogen-bond donors (Lipinski definition) is 0. The van der Waals surface area contributed by atoms with Gasteiger partial charge in [-0.1, -0.05) is 5.16 Å². The zero-order chi connectivity index (χ0) is 7.56. The van der Waals surface area contributed by atoms with Gasteiger partial charge in [-0.15, -0.1) is 11.6 Å². The second-order valence-corrected chi connectivity index (χ2v) is 2.15. The van der Waals surface area contributed by atoms with Gasteiger partial charge in [-0.05, 0) is 6.92 Å². The van der Waals surface area contributed by atoms with Crippen molar-refractivity contribution in [3.8, 4) is 0 Å². The summed E-state index contributed by atoms with van der Waals surface area (Å²) < 4.78 is 4.66. The average molecular weight is 160 g/mol. The first kappa shape index (κ1) is 7.28. The molecule has 0 bridgehead atoms. The normalized spacial score (nSPS) is 9.80. The maximum absolute atomic E-state index is 10.8.